The number of carbonyl (C=O) groups is 3. The molecule has 7 nitrogen and oxygen atoms in total. The second-order valence-corrected chi connectivity index (χ2v) is 7.63. The van der Waals surface area contributed by atoms with Gasteiger partial charge in [0, 0.05) is 37.8 Å². The Morgan fingerprint density at radius 2 is 2.11 bits per heavy atom. The molecule has 2 aliphatic rings. The van der Waals surface area contributed by atoms with Crippen LogP contribution in [-0.2, 0) is 9.59 Å². The summed E-state index contributed by atoms with van der Waals surface area (Å²) in [5.74, 6) is -0.952. The summed E-state index contributed by atoms with van der Waals surface area (Å²) in [5.41, 5.74) is -0.324. The smallest absolute Gasteiger partial charge is 0.322 e. The number of carbonyl (C=O) groups excluding carboxylic acids is 3. The molecule has 146 valence electrons. The van der Waals surface area contributed by atoms with Gasteiger partial charge in [-0.3, -0.25) is 14.9 Å². The molecule has 0 aliphatic carbocycles. The largest absolute Gasteiger partial charge is 0.365 e. The van der Waals surface area contributed by atoms with E-state index in [4.69, 9.17) is 11.6 Å². The summed E-state index contributed by atoms with van der Waals surface area (Å²) in [7, 11) is 0. The molecular formula is C18H22ClFN4O3. The minimum absolute atomic E-state index is 0.00773. The van der Waals surface area contributed by atoms with Gasteiger partial charge in [-0.15, -0.1) is 0 Å². The minimum Gasteiger partial charge on any atom is -0.365 e. The van der Waals surface area contributed by atoms with E-state index in [1.165, 1.54) is 12.1 Å². The lowest BCUT2D eigenvalue weighted by Crippen LogP contribution is -2.54. The maximum absolute atomic E-state index is 13.7. The maximum atomic E-state index is 13.7. The Hall–Kier alpha value is -2.35. The van der Waals surface area contributed by atoms with Crippen LogP contribution in [0, 0.1) is 5.82 Å². The topological polar surface area (TPSA) is 81.8 Å². The van der Waals surface area contributed by atoms with Crippen molar-refractivity contribution < 1.29 is 18.8 Å². The lowest BCUT2D eigenvalue weighted by molar-refractivity contribution is -0.132. The number of imide groups is 1. The third kappa shape index (κ3) is 4.00. The van der Waals surface area contributed by atoms with Gasteiger partial charge in [0.2, 0.25) is 5.91 Å². The van der Waals surface area contributed by atoms with Crippen molar-refractivity contribution in [3.8, 4) is 0 Å². The molecule has 3 rings (SSSR count). The molecule has 9 heteroatoms. The predicted molar refractivity (Wildman–Crippen MR) is 99.1 cm³/mol. The third-order valence-electron chi connectivity index (χ3n) is 5.17. The summed E-state index contributed by atoms with van der Waals surface area (Å²) in [5, 5.41) is 4.83. The Morgan fingerprint density at radius 1 is 1.37 bits per heavy atom. The standard InChI is InChI=1S/C18H22ClFN4O3/c1-11-10-23(7-8-24(11)12-3-4-13(19)14(20)9-12)15(25)5-6-18(2)16(26)21-17(27)22-18/h3-4,9,11H,5-8,10H2,1-2H3,(H2,21,22,26,27)/t11-,18?/m0/s1. The van der Waals surface area contributed by atoms with E-state index in [1.807, 2.05) is 11.8 Å². The number of nitrogens with zero attached hydrogens (tertiary/aromatic N) is 2. The minimum atomic E-state index is -1.05. The van der Waals surface area contributed by atoms with Gasteiger partial charge in [-0.2, -0.15) is 0 Å². The molecule has 2 atom stereocenters. The number of piperazine rings is 1. The van der Waals surface area contributed by atoms with Gasteiger partial charge in [0.05, 0.1) is 5.02 Å². The summed E-state index contributed by atoms with van der Waals surface area (Å²) < 4.78 is 13.7. The number of hydrogen-bond acceptors (Lipinski definition) is 4. The van der Waals surface area contributed by atoms with Crippen LogP contribution in [0.25, 0.3) is 0 Å². The molecular weight excluding hydrogens is 375 g/mol. The van der Waals surface area contributed by atoms with Crippen molar-refractivity contribution in [2.75, 3.05) is 24.5 Å². The van der Waals surface area contributed by atoms with Crippen molar-refractivity contribution in [1.29, 1.82) is 0 Å². The van der Waals surface area contributed by atoms with Crippen molar-refractivity contribution in [3.63, 3.8) is 0 Å². The van der Waals surface area contributed by atoms with Crippen LogP contribution < -0.4 is 15.5 Å². The van der Waals surface area contributed by atoms with E-state index in [2.05, 4.69) is 10.6 Å². The van der Waals surface area contributed by atoms with E-state index in [-0.39, 0.29) is 29.8 Å². The Balaban J connectivity index is 1.57. The zero-order valence-corrected chi connectivity index (χ0v) is 16.0. The normalized spacial score (nSPS) is 25.4. The van der Waals surface area contributed by atoms with Gasteiger partial charge in [-0.05, 0) is 38.5 Å². The lowest BCUT2D eigenvalue weighted by Gasteiger charge is -2.41. The fourth-order valence-corrected chi connectivity index (χ4v) is 3.62. The molecule has 2 heterocycles. The van der Waals surface area contributed by atoms with Gasteiger partial charge >= 0.3 is 6.03 Å². The number of urea groups is 1. The van der Waals surface area contributed by atoms with Gasteiger partial charge in [0.15, 0.2) is 0 Å². The molecule has 4 amide bonds. The molecule has 2 fully saturated rings. The average molecular weight is 397 g/mol. The van der Waals surface area contributed by atoms with Crippen LogP contribution in [0.15, 0.2) is 18.2 Å². The van der Waals surface area contributed by atoms with Crippen molar-refractivity contribution >= 4 is 35.1 Å². The molecule has 2 N–H and O–H groups in total. The summed E-state index contributed by atoms with van der Waals surface area (Å²) in [6, 6.07) is 4.17. The summed E-state index contributed by atoms with van der Waals surface area (Å²) >= 11 is 5.74. The molecule has 1 unspecified atom stereocenters. The Kier molecular flexibility index (Phi) is 5.28. The molecule has 1 aromatic rings. The Labute approximate surface area is 161 Å². The first kappa shape index (κ1) is 19.4. The quantitative estimate of drug-likeness (QED) is 0.761. The Bertz CT molecular complexity index is 790. The van der Waals surface area contributed by atoms with E-state index in [0.717, 1.165) is 5.69 Å². The van der Waals surface area contributed by atoms with Gasteiger partial charge in [-0.25, -0.2) is 9.18 Å². The lowest BCUT2D eigenvalue weighted by atomic mass is 9.95. The zero-order chi connectivity index (χ0) is 19.8. The monoisotopic (exact) mass is 396 g/mol. The SMILES string of the molecule is C[C@H]1CN(C(=O)CCC2(C)NC(=O)NC2=O)CCN1c1ccc(Cl)c(F)c1. The van der Waals surface area contributed by atoms with Crippen LogP contribution in [0.1, 0.15) is 26.7 Å². The van der Waals surface area contributed by atoms with Gasteiger partial charge in [0.25, 0.3) is 5.91 Å². The van der Waals surface area contributed by atoms with Crippen molar-refractivity contribution in [1.82, 2.24) is 15.5 Å². The molecule has 0 radical (unpaired) electrons. The first-order chi connectivity index (χ1) is 12.7. The van der Waals surface area contributed by atoms with E-state index in [9.17, 15) is 18.8 Å². The van der Waals surface area contributed by atoms with Crippen LogP contribution >= 0.6 is 11.6 Å². The van der Waals surface area contributed by atoms with Crippen molar-refractivity contribution in [3.05, 3.63) is 29.0 Å². The summed E-state index contributed by atoms with van der Waals surface area (Å²) in [6.07, 6.45) is 0.396. The molecule has 0 spiro atoms. The number of halogens is 2. The van der Waals surface area contributed by atoms with Crippen LogP contribution in [0.3, 0.4) is 0 Å². The van der Waals surface area contributed by atoms with Crippen LogP contribution in [0.4, 0.5) is 14.9 Å². The van der Waals surface area contributed by atoms with E-state index < -0.39 is 23.3 Å². The number of amides is 4. The van der Waals surface area contributed by atoms with E-state index in [0.29, 0.717) is 19.6 Å². The maximum Gasteiger partial charge on any atom is 0.322 e. The fraction of sp³-hybridized carbons (Fsp3) is 0.500. The van der Waals surface area contributed by atoms with Gasteiger partial charge < -0.3 is 15.1 Å². The predicted octanol–water partition coefficient (Wildman–Crippen LogP) is 1.89. The fourth-order valence-electron chi connectivity index (χ4n) is 3.50. The van der Waals surface area contributed by atoms with Crippen molar-refractivity contribution in [2.24, 2.45) is 0 Å². The Morgan fingerprint density at radius 3 is 2.70 bits per heavy atom. The second kappa shape index (κ2) is 7.34. The molecule has 27 heavy (non-hydrogen) atoms. The summed E-state index contributed by atoms with van der Waals surface area (Å²) in [6.45, 7) is 5.15. The highest BCUT2D eigenvalue weighted by molar-refractivity contribution is 6.30. The van der Waals surface area contributed by atoms with E-state index >= 15 is 0 Å². The third-order valence-corrected chi connectivity index (χ3v) is 5.48. The van der Waals surface area contributed by atoms with Gasteiger partial charge in [0.1, 0.15) is 11.4 Å². The number of benzene rings is 1. The first-order valence-corrected chi connectivity index (χ1v) is 9.20. The highest BCUT2D eigenvalue weighted by Crippen LogP contribution is 2.26. The number of nitrogens with one attached hydrogen (secondary N) is 2. The highest BCUT2D eigenvalue weighted by atomic mass is 35.5. The molecule has 2 saturated heterocycles. The van der Waals surface area contributed by atoms with Crippen LogP contribution in [0.2, 0.25) is 5.02 Å². The highest BCUT2D eigenvalue weighted by Gasteiger charge is 2.42. The molecule has 0 bridgehead atoms. The zero-order valence-electron chi connectivity index (χ0n) is 15.2. The van der Waals surface area contributed by atoms with Crippen LogP contribution in [0.5, 0.6) is 0 Å². The summed E-state index contributed by atoms with van der Waals surface area (Å²) in [4.78, 5) is 39.5. The molecule has 0 aromatic heterocycles. The first-order valence-electron chi connectivity index (χ1n) is 8.83. The van der Waals surface area contributed by atoms with E-state index in [1.54, 1.807) is 17.9 Å². The number of anilines is 1. The van der Waals surface area contributed by atoms with Crippen molar-refractivity contribution in [2.45, 2.75) is 38.3 Å². The molecule has 2 aliphatic heterocycles. The number of hydrogen-bond donors (Lipinski definition) is 2. The van der Waals surface area contributed by atoms with Crippen LogP contribution in [-0.4, -0.2) is 54.0 Å². The van der Waals surface area contributed by atoms with Gasteiger partial charge in [-0.1, -0.05) is 11.6 Å². The molecule has 0 saturated carbocycles. The average Bonchev–Trinajstić information content (AvgIpc) is 2.87. The second-order valence-electron chi connectivity index (χ2n) is 7.22. The number of rotatable bonds is 4. The molecule has 1 aromatic carbocycles.